The van der Waals surface area contributed by atoms with Crippen LogP contribution in [0, 0.1) is 0 Å². The fourth-order valence-corrected chi connectivity index (χ4v) is 2.74. The second-order valence-corrected chi connectivity index (χ2v) is 5.02. The van der Waals surface area contributed by atoms with Crippen molar-refractivity contribution in [3.63, 3.8) is 0 Å². The molecule has 0 unspecified atom stereocenters. The van der Waals surface area contributed by atoms with Crippen molar-refractivity contribution in [3.8, 4) is 0 Å². The van der Waals surface area contributed by atoms with Crippen molar-refractivity contribution in [2.45, 2.75) is 37.5 Å². The molecule has 0 aliphatic carbocycles. The average molecular weight is 236 g/mol. The summed E-state index contributed by atoms with van der Waals surface area (Å²) in [5, 5.41) is 3.37. The van der Waals surface area contributed by atoms with Crippen LogP contribution in [0.3, 0.4) is 0 Å². The maximum Gasteiger partial charge on any atom is 0.197 e. The summed E-state index contributed by atoms with van der Waals surface area (Å²) in [6, 6.07) is 0. The molecular formula is C13H20N2O2. The van der Waals surface area contributed by atoms with Gasteiger partial charge in [-0.2, -0.15) is 0 Å². The lowest BCUT2D eigenvalue weighted by Gasteiger charge is -2.20. The van der Waals surface area contributed by atoms with E-state index in [-0.39, 0.29) is 0 Å². The number of piperidine rings is 1. The molecule has 2 aliphatic heterocycles. The van der Waals surface area contributed by atoms with E-state index >= 15 is 0 Å². The van der Waals surface area contributed by atoms with Crippen LogP contribution in [0.15, 0.2) is 10.7 Å². The van der Waals surface area contributed by atoms with E-state index in [1.54, 1.807) is 0 Å². The lowest BCUT2D eigenvalue weighted by molar-refractivity contribution is 0.0845. The van der Waals surface area contributed by atoms with Gasteiger partial charge < -0.3 is 14.5 Å². The van der Waals surface area contributed by atoms with E-state index in [4.69, 9.17) is 14.1 Å². The Labute approximate surface area is 102 Å². The highest BCUT2D eigenvalue weighted by molar-refractivity contribution is 5.08. The molecule has 0 atom stereocenters. The van der Waals surface area contributed by atoms with E-state index in [9.17, 15) is 0 Å². The first-order valence-electron chi connectivity index (χ1n) is 6.67. The summed E-state index contributed by atoms with van der Waals surface area (Å²) in [6.07, 6.45) is 6.32. The number of ether oxygens (including phenoxy) is 1. The van der Waals surface area contributed by atoms with Crippen LogP contribution in [0.1, 0.15) is 49.1 Å². The highest BCUT2D eigenvalue weighted by Gasteiger charge is 2.23. The SMILES string of the molecule is c1oc(C2CCNCC2)nc1C1CCOCC1. The summed E-state index contributed by atoms with van der Waals surface area (Å²) >= 11 is 0. The Morgan fingerprint density at radius 2 is 1.82 bits per heavy atom. The molecule has 4 nitrogen and oxygen atoms in total. The van der Waals surface area contributed by atoms with Gasteiger partial charge in [-0.1, -0.05) is 0 Å². The van der Waals surface area contributed by atoms with Gasteiger partial charge in [-0.3, -0.25) is 0 Å². The van der Waals surface area contributed by atoms with Gasteiger partial charge in [0.15, 0.2) is 5.89 Å². The molecule has 0 saturated carbocycles. The maximum atomic E-state index is 5.68. The highest BCUT2D eigenvalue weighted by Crippen LogP contribution is 2.30. The van der Waals surface area contributed by atoms with Crippen LogP contribution < -0.4 is 5.32 Å². The molecule has 2 saturated heterocycles. The Bertz CT molecular complexity index is 320. The molecule has 94 valence electrons. The van der Waals surface area contributed by atoms with E-state index in [0.29, 0.717) is 11.8 Å². The molecule has 0 radical (unpaired) electrons. The number of rotatable bonds is 2. The van der Waals surface area contributed by atoms with Crippen molar-refractivity contribution in [2.24, 2.45) is 0 Å². The number of hydrogen-bond acceptors (Lipinski definition) is 4. The minimum Gasteiger partial charge on any atom is -0.448 e. The summed E-state index contributed by atoms with van der Waals surface area (Å²) in [6.45, 7) is 3.89. The van der Waals surface area contributed by atoms with Crippen LogP contribution in [0.2, 0.25) is 0 Å². The molecule has 1 aromatic rings. The highest BCUT2D eigenvalue weighted by atomic mass is 16.5. The number of nitrogens with zero attached hydrogens (tertiary/aromatic N) is 1. The van der Waals surface area contributed by atoms with Crippen molar-refractivity contribution in [1.82, 2.24) is 10.3 Å². The Balaban J connectivity index is 1.68. The zero-order valence-electron chi connectivity index (χ0n) is 10.2. The molecular weight excluding hydrogens is 216 g/mol. The van der Waals surface area contributed by atoms with E-state index in [1.807, 2.05) is 6.26 Å². The normalized spacial score (nSPS) is 24.0. The van der Waals surface area contributed by atoms with Crippen LogP contribution >= 0.6 is 0 Å². The zero-order valence-corrected chi connectivity index (χ0v) is 10.2. The van der Waals surface area contributed by atoms with Gasteiger partial charge in [0.05, 0.1) is 5.69 Å². The van der Waals surface area contributed by atoms with Crippen LogP contribution in [0.5, 0.6) is 0 Å². The third-order valence-corrected chi connectivity index (χ3v) is 3.87. The maximum absolute atomic E-state index is 5.68. The molecule has 0 spiro atoms. The van der Waals surface area contributed by atoms with Crippen molar-refractivity contribution in [3.05, 3.63) is 17.8 Å². The van der Waals surface area contributed by atoms with Gasteiger partial charge in [0, 0.05) is 25.0 Å². The number of nitrogens with one attached hydrogen (secondary N) is 1. The van der Waals surface area contributed by atoms with Crippen molar-refractivity contribution in [1.29, 1.82) is 0 Å². The minimum absolute atomic E-state index is 0.518. The second kappa shape index (κ2) is 5.19. The van der Waals surface area contributed by atoms with Gasteiger partial charge in [0.25, 0.3) is 0 Å². The van der Waals surface area contributed by atoms with Crippen molar-refractivity contribution in [2.75, 3.05) is 26.3 Å². The van der Waals surface area contributed by atoms with Gasteiger partial charge in [0.2, 0.25) is 0 Å². The molecule has 2 fully saturated rings. The molecule has 3 heterocycles. The van der Waals surface area contributed by atoms with E-state index in [2.05, 4.69) is 5.32 Å². The summed E-state index contributed by atoms with van der Waals surface area (Å²) in [5.41, 5.74) is 1.14. The van der Waals surface area contributed by atoms with Crippen molar-refractivity contribution < 1.29 is 9.15 Å². The van der Waals surface area contributed by atoms with Crippen LogP contribution in [-0.2, 0) is 4.74 Å². The van der Waals surface area contributed by atoms with Crippen LogP contribution in [0.4, 0.5) is 0 Å². The third-order valence-electron chi connectivity index (χ3n) is 3.87. The predicted molar refractivity (Wildman–Crippen MR) is 64.1 cm³/mol. The quantitative estimate of drug-likeness (QED) is 0.853. The zero-order chi connectivity index (χ0) is 11.5. The molecule has 2 aliphatic rings. The minimum atomic E-state index is 0.518. The monoisotopic (exact) mass is 236 g/mol. The Morgan fingerprint density at radius 1 is 1.06 bits per heavy atom. The molecule has 3 rings (SSSR count). The molecule has 1 aromatic heterocycles. The molecule has 4 heteroatoms. The Kier molecular flexibility index (Phi) is 3.43. The van der Waals surface area contributed by atoms with Gasteiger partial charge in [0.1, 0.15) is 6.26 Å². The largest absolute Gasteiger partial charge is 0.448 e. The number of hydrogen-bond donors (Lipinski definition) is 1. The van der Waals surface area contributed by atoms with E-state index in [1.165, 1.54) is 0 Å². The molecule has 0 amide bonds. The fraction of sp³-hybridized carbons (Fsp3) is 0.769. The first kappa shape index (κ1) is 11.2. The number of oxazole rings is 1. The Hall–Kier alpha value is -0.870. The van der Waals surface area contributed by atoms with Gasteiger partial charge >= 0.3 is 0 Å². The van der Waals surface area contributed by atoms with Gasteiger partial charge in [-0.15, -0.1) is 0 Å². The van der Waals surface area contributed by atoms with Crippen molar-refractivity contribution >= 4 is 0 Å². The fourth-order valence-electron chi connectivity index (χ4n) is 2.74. The standard InChI is InChI=1S/C13H20N2O2/c1-5-14-6-2-11(1)13-15-12(9-17-13)10-3-7-16-8-4-10/h9-11,14H,1-8H2. The molecule has 1 N–H and O–H groups in total. The van der Waals surface area contributed by atoms with Crippen LogP contribution in [-0.4, -0.2) is 31.3 Å². The first-order valence-corrected chi connectivity index (χ1v) is 6.67. The van der Waals surface area contributed by atoms with Crippen LogP contribution in [0.25, 0.3) is 0 Å². The summed E-state index contributed by atoms with van der Waals surface area (Å²) in [4.78, 5) is 4.71. The van der Waals surface area contributed by atoms with Gasteiger partial charge in [-0.25, -0.2) is 4.98 Å². The summed E-state index contributed by atoms with van der Waals surface area (Å²) < 4.78 is 11.1. The Morgan fingerprint density at radius 3 is 2.59 bits per heavy atom. The van der Waals surface area contributed by atoms with Gasteiger partial charge in [-0.05, 0) is 38.8 Å². The van der Waals surface area contributed by atoms with E-state index in [0.717, 1.165) is 63.6 Å². The lowest BCUT2D eigenvalue weighted by atomic mass is 9.96. The first-order chi connectivity index (χ1) is 8.43. The molecule has 0 bridgehead atoms. The molecule has 0 aromatic carbocycles. The second-order valence-electron chi connectivity index (χ2n) is 5.02. The summed E-state index contributed by atoms with van der Waals surface area (Å²) in [7, 11) is 0. The summed E-state index contributed by atoms with van der Waals surface area (Å²) in [5.74, 6) is 2.01. The third kappa shape index (κ3) is 2.53. The number of aromatic nitrogens is 1. The topological polar surface area (TPSA) is 47.3 Å². The predicted octanol–water partition coefficient (Wildman–Crippen LogP) is 2.04. The van der Waals surface area contributed by atoms with E-state index < -0.39 is 0 Å². The molecule has 17 heavy (non-hydrogen) atoms. The lowest BCUT2D eigenvalue weighted by Crippen LogP contribution is -2.26. The average Bonchev–Trinajstić information content (AvgIpc) is 2.90. The smallest absolute Gasteiger partial charge is 0.197 e.